The molecule has 0 amide bonds. The zero-order chi connectivity index (χ0) is 18.6. The highest BCUT2D eigenvalue weighted by atomic mass is 32.2. The number of thioether (sulfide) groups is 1. The van der Waals surface area contributed by atoms with Gasteiger partial charge in [0.15, 0.2) is 0 Å². The van der Waals surface area contributed by atoms with Crippen LogP contribution >= 0.6 is 11.8 Å². The zero-order valence-corrected chi connectivity index (χ0v) is 15.8. The summed E-state index contributed by atoms with van der Waals surface area (Å²) in [6.07, 6.45) is 1.68. The van der Waals surface area contributed by atoms with Crippen molar-refractivity contribution in [2.75, 3.05) is 6.61 Å². The van der Waals surface area contributed by atoms with E-state index in [1.54, 1.807) is 24.3 Å². The highest BCUT2D eigenvalue weighted by Gasteiger charge is 2.29. The molecule has 3 rings (SSSR count). The van der Waals surface area contributed by atoms with Gasteiger partial charge in [-0.15, -0.1) is 0 Å². The lowest BCUT2D eigenvalue weighted by atomic mass is 10.1. The second kappa shape index (κ2) is 8.37. The van der Waals surface area contributed by atoms with E-state index in [4.69, 9.17) is 8.92 Å². The van der Waals surface area contributed by atoms with E-state index in [1.807, 2.05) is 37.3 Å². The van der Waals surface area contributed by atoms with E-state index < -0.39 is 22.3 Å². The van der Waals surface area contributed by atoms with E-state index in [0.717, 1.165) is 10.5 Å². The van der Waals surface area contributed by atoms with Crippen LogP contribution in [0.5, 0.6) is 0 Å². The molecule has 2 aromatic rings. The lowest BCUT2D eigenvalue weighted by Gasteiger charge is -2.29. The van der Waals surface area contributed by atoms with Gasteiger partial charge in [-0.05, 0) is 37.3 Å². The van der Waals surface area contributed by atoms with Gasteiger partial charge in [0.2, 0.25) is 0 Å². The van der Waals surface area contributed by atoms with Crippen LogP contribution < -0.4 is 0 Å². The summed E-state index contributed by atoms with van der Waals surface area (Å²) in [7, 11) is -3.90. The van der Waals surface area contributed by atoms with Crippen LogP contribution in [0.2, 0.25) is 0 Å². The van der Waals surface area contributed by atoms with Crippen molar-refractivity contribution in [3.8, 4) is 0 Å². The molecule has 0 radical (unpaired) electrons. The predicted octanol–water partition coefficient (Wildman–Crippen LogP) is 3.13. The summed E-state index contributed by atoms with van der Waals surface area (Å²) in [6.45, 7) is 1.62. The van der Waals surface area contributed by atoms with E-state index in [-0.39, 0.29) is 16.9 Å². The zero-order valence-electron chi connectivity index (χ0n) is 14.2. The number of benzene rings is 2. The van der Waals surface area contributed by atoms with E-state index in [9.17, 15) is 13.5 Å². The molecule has 7 heteroatoms. The molecule has 0 bridgehead atoms. The van der Waals surface area contributed by atoms with Crippen LogP contribution in [0.4, 0.5) is 0 Å². The fourth-order valence-corrected chi connectivity index (χ4v) is 4.26. The summed E-state index contributed by atoms with van der Waals surface area (Å²) in [5.41, 5.74) is 0.636. The highest BCUT2D eigenvalue weighted by Crippen LogP contribution is 2.29. The second-order valence-corrected chi connectivity index (χ2v) is 8.69. The van der Waals surface area contributed by atoms with Crippen molar-refractivity contribution in [3.05, 3.63) is 72.3 Å². The summed E-state index contributed by atoms with van der Waals surface area (Å²) in [5, 5.41) is 10.1. The highest BCUT2D eigenvalue weighted by molar-refractivity contribution is 8.00. The summed E-state index contributed by atoms with van der Waals surface area (Å²) < 4.78 is 35.5. The maximum absolute atomic E-state index is 12.3. The number of hydrogen-bond acceptors (Lipinski definition) is 6. The topological polar surface area (TPSA) is 72.8 Å². The average Bonchev–Trinajstić information content (AvgIpc) is 2.63. The number of aliphatic hydroxyl groups is 1. The van der Waals surface area contributed by atoms with Crippen molar-refractivity contribution < 1.29 is 22.4 Å². The van der Waals surface area contributed by atoms with Crippen LogP contribution in [0.1, 0.15) is 5.56 Å². The van der Waals surface area contributed by atoms with Crippen LogP contribution in [-0.2, 0) is 19.0 Å². The first-order valence-corrected chi connectivity index (χ1v) is 10.4. The Balaban J connectivity index is 1.62. The lowest BCUT2D eigenvalue weighted by Crippen LogP contribution is -2.38. The normalized spacial score (nSPS) is 23.1. The van der Waals surface area contributed by atoms with Gasteiger partial charge < -0.3 is 9.84 Å². The van der Waals surface area contributed by atoms with Gasteiger partial charge >= 0.3 is 0 Å². The number of aryl methyl sites for hydroxylation is 1. The Bertz CT molecular complexity index is 847. The second-order valence-electron chi connectivity index (χ2n) is 5.90. The van der Waals surface area contributed by atoms with E-state index >= 15 is 0 Å². The Morgan fingerprint density at radius 1 is 1.08 bits per heavy atom. The van der Waals surface area contributed by atoms with Crippen molar-refractivity contribution >= 4 is 21.9 Å². The van der Waals surface area contributed by atoms with Gasteiger partial charge in [0.1, 0.15) is 17.6 Å². The minimum Gasteiger partial charge on any atom is -0.386 e. The Labute approximate surface area is 157 Å². The monoisotopic (exact) mass is 392 g/mol. The standard InChI is InChI=1S/C19H20O5S2/c1-14-7-9-16(10-8-14)26(21,22)23-13-18-17(20)11-12-19(24-18)25-15-5-3-2-4-6-15/h2-12,17-20H,13H2,1H3/t17-,18-,19-/m1/s1. The molecule has 1 aliphatic rings. The van der Waals surface area contributed by atoms with E-state index in [0.29, 0.717) is 0 Å². The van der Waals surface area contributed by atoms with Gasteiger partial charge in [0.25, 0.3) is 10.1 Å². The Kier molecular flexibility index (Phi) is 6.16. The average molecular weight is 392 g/mol. The van der Waals surface area contributed by atoms with Crippen molar-refractivity contribution in [1.82, 2.24) is 0 Å². The van der Waals surface area contributed by atoms with Crippen LogP contribution in [0.15, 0.2) is 76.5 Å². The molecular weight excluding hydrogens is 372 g/mol. The lowest BCUT2D eigenvalue weighted by molar-refractivity contribution is -0.0480. The molecule has 0 unspecified atom stereocenters. The van der Waals surface area contributed by atoms with Crippen LogP contribution in [0, 0.1) is 6.92 Å². The van der Waals surface area contributed by atoms with E-state index in [2.05, 4.69) is 0 Å². The third-order valence-corrected chi connectivity index (χ3v) is 6.19. The minimum atomic E-state index is -3.90. The molecule has 0 aromatic heterocycles. The predicted molar refractivity (Wildman–Crippen MR) is 100 cm³/mol. The van der Waals surface area contributed by atoms with Gasteiger partial charge in [-0.1, -0.05) is 53.7 Å². The van der Waals surface area contributed by atoms with E-state index in [1.165, 1.54) is 23.9 Å². The molecule has 2 aromatic carbocycles. The van der Waals surface area contributed by atoms with Crippen molar-refractivity contribution in [2.45, 2.75) is 34.4 Å². The number of ether oxygens (including phenoxy) is 1. The largest absolute Gasteiger partial charge is 0.386 e. The number of aliphatic hydroxyl groups excluding tert-OH is 1. The first-order chi connectivity index (χ1) is 12.4. The van der Waals surface area contributed by atoms with Gasteiger partial charge in [0, 0.05) is 4.90 Å². The number of hydrogen-bond donors (Lipinski definition) is 1. The summed E-state index contributed by atoms with van der Waals surface area (Å²) in [4.78, 5) is 1.10. The van der Waals surface area contributed by atoms with Gasteiger partial charge in [-0.25, -0.2) is 0 Å². The molecule has 0 saturated heterocycles. The molecule has 138 valence electrons. The summed E-state index contributed by atoms with van der Waals surface area (Å²) in [6, 6.07) is 16.1. The van der Waals surface area contributed by atoms with Crippen molar-refractivity contribution in [1.29, 1.82) is 0 Å². The molecule has 1 heterocycles. The molecule has 0 spiro atoms. The minimum absolute atomic E-state index is 0.0825. The van der Waals surface area contributed by atoms with Crippen molar-refractivity contribution in [2.24, 2.45) is 0 Å². The fourth-order valence-electron chi connectivity index (χ4n) is 2.39. The molecule has 26 heavy (non-hydrogen) atoms. The van der Waals surface area contributed by atoms with Crippen LogP contribution in [-0.4, -0.2) is 37.8 Å². The fraction of sp³-hybridized carbons (Fsp3) is 0.263. The SMILES string of the molecule is Cc1ccc(S(=O)(=O)OC[C@H]2O[C@H](Sc3ccccc3)C=C[C@H]2O)cc1. The third kappa shape index (κ3) is 4.96. The first kappa shape index (κ1) is 19.1. The molecule has 1 aliphatic heterocycles. The Morgan fingerprint density at radius 3 is 2.46 bits per heavy atom. The maximum atomic E-state index is 12.3. The summed E-state index contributed by atoms with van der Waals surface area (Å²) in [5.74, 6) is 0. The number of rotatable bonds is 6. The van der Waals surface area contributed by atoms with Gasteiger partial charge in [-0.2, -0.15) is 8.42 Å². The molecule has 5 nitrogen and oxygen atoms in total. The quantitative estimate of drug-likeness (QED) is 0.601. The molecule has 0 aliphatic carbocycles. The Hall–Kier alpha value is -1.64. The van der Waals surface area contributed by atoms with Gasteiger partial charge in [0.05, 0.1) is 11.5 Å². The third-order valence-electron chi connectivity index (χ3n) is 3.85. The van der Waals surface area contributed by atoms with Crippen molar-refractivity contribution in [3.63, 3.8) is 0 Å². The van der Waals surface area contributed by atoms with Gasteiger partial charge in [-0.3, -0.25) is 4.18 Å². The van der Waals surface area contributed by atoms with Crippen LogP contribution in [0.3, 0.4) is 0 Å². The van der Waals surface area contributed by atoms with Crippen LogP contribution in [0.25, 0.3) is 0 Å². The molecule has 1 N–H and O–H groups in total. The summed E-state index contributed by atoms with van der Waals surface area (Å²) >= 11 is 1.48. The molecule has 0 fully saturated rings. The molecule has 0 saturated carbocycles. The Morgan fingerprint density at radius 2 is 1.77 bits per heavy atom. The molecule has 3 atom stereocenters. The molecular formula is C19H20O5S2. The maximum Gasteiger partial charge on any atom is 0.297 e. The smallest absolute Gasteiger partial charge is 0.297 e. The first-order valence-electron chi connectivity index (χ1n) is 8.14.